The molecule has 0 bridgehead atoms. The average molecular weight is 446 g/mol. The summed E-state index contributed by atoms with van der Waals surface area (Å²) in [5.74, 6) is 0.763. The molecule has 2 aromatic heterocycles. The van der Waals surface area contributed by atoms with Crippen LogP contribution in [0.5, 0.6) is 0 Å². The molecular weight excluding hydrogens is 414 g/mol. The second-order valence-electron chi connectivity index (χ2n) is 9.23. The molecule has 0 atom stereocenters. The molecule has 0 radical (unpaired) electrons. The predicted octanol–water partition coefficient (Wildman–Crippen LogP) is 3.30. The van der Waals surface area contributed by atoms with E-state index in [-0.39, 0.29) is 17.5 Å². The van der Waals surface area contributed by atoms with Gasteiger partial charge in [-0.2, -0.15) is 0 Å². The third-order valence-electron chi connectivity index (χ3n) is 6.86. The van der Waals surface area contributed by atoms with Gasteiger partial charge in [0.05, 0.1) is 16.6 Å². The third kappa shape index (κ3) is 4.98. The summed E-state index contributed by atoms with van der Waals surface area (Å²) in [6, 6.07) is 11.5. The minimum absolute atomic E-state index is 0.0177. The van der Waals surface area contributed by atoms with Gasteiger partial charge in [0, 0.05) is 50.4 Å². The molecule has 33 heavy (non-hydrogen) atoms. The maximum Gasteiger partial charge on any atom is 0.261 e. The van der Waals surface area contributed by atoms with Crippen LogP contribution in [0.4, 0.5) is 0 Å². The Labute approximate surface area is 193 Å². The first-order valence-electron chi connectivity index (χ1n) is 12.1. The van der Waals surface area contributed by atoms with Crippen molar-refractivity contribution in [2.75, 3.05) is 13.1 Å². The van der Waals surface area contributed by atoms with E-state index in [0.29, 0.717) is 16.5 Å². The number of hydrogen-bond acceptors (Lipinski definition) is 5. The Bertz CT molecular complexity index is 1180. The monoisotopic (exact) mass is 445 g/mol. The van der Waals surface area contributed by atoms with Crippen LogP contribution in [-0.2, 0) is 19.5 Å². The summed E-state index contributed by atoms with van der Waals surface area (Å²) >= 11 is 0. The fourth-order valence-electron chi connectivity index (χ4n) is 4.96. The molecule has 1 aromatic carbocycles. The van der Waals surface area contributed by atoms with Crippen molar-refractivity contribution in [3.8, 4) is 0 Å². The molecule has 4 heterocycles. The number of aryl methyl sites for hydroxylation is 1. The van der Waals surface area contributed by atoms with E-state index in [1.165, 1.54) is 6.42 Å². The maximum atomic E-state index is 13.0. The van der Waals surface area contributed by atoms with Crippen molar-refractivity contribution >= 4 is 16.8 Å². The van der Waals surface area contributed by atoms with Gasteiger partial charge in [-0.15, -0.1) is 0 Å². The van der Waals surface area contributed by atoms with E-state index in [4.69, 9.17) is 4.98 Å². The highest BCUT2D eigenvalue weighted by atomic mass is 16.1. The molecule has 2 aliphatic rings. The van der Waals surface area contributed by atoms with Crippen LogP contribution >= 0.6 is 0 Å². The summed E-state index contributed by atoms with van der Waals surface area (Å²) in [5.41, 5.74) is 2.29. The molecular formula is C26H31N5O2. The number of likely N-dealkylation sites (tertiary alicyclic amines) is 1. The normalized spacial score (nSPS) is 17.8. The molecule has 172 valence electrons. The molecule has 0 spiro atoms. The third-order valence-corrected chi connectivity index (χ3v) is 6.86. The summed E-state index contributed by atoms with van der Waals surface area (Å²) in [7, 11) is 0. The highest BCUT2D eigenvalue weighted by Gasteiger charge is 2.22. The number of nitrogens with zero attached hydrogens (tertiary/aromatic N) is 4. The highest BCUT2D eigenvalue weighted by Crippen LogP contribution is 2.18. The van der Waals surface area contributed by atoms with Crippen LogP contribution in [0, 0.1) is 0 Å². The first-order chi connectivity index (χ1) is 16.2. The van der Waals surface area contributed by atoms with Gasteiger partial charge < -0.3 is 5.32 Å². The van der Waals surface area contributed by atoms with Crippen LogP contribution < -0.4 is 10.9 Å². The van der Waals surface area contributed by atoms with Crippen molar-refractivity contribution in [2.24, 2.45) is 0 Å². The average Bonchev–Trinajstić information content (AvgIpc) is 2.82. The summed E-state index contributed by atoms with van der Waals surface area (Å²) in [5, 5.41) is 3.78. The molecule has 5 rings (SSSR count). The van der Waals surface area contributed by atoms with E-state index in [9.17, 15) is 9.59 Å². The second kappa shape index (κ2) is 9.83. The molecule has 1 fully saturated rings. The summed E-state index contributed by atoms with van der Waals surface area (Å²) < 4.78 is 1.83. The topological polar surface area (TPSA) is 80.1 Å². The van der Waals surface area contributed by atoms with Gasteiger partial charge in [-0.1, -0.05) is 18.9 Å². The number of fused-ring (bicyclic) bond motifs is 2. The van der Waals surface area contributed by atoms with Crippen LogP contribution in [0.15, 0.2) is 47.4 Å². The number of aromatic nitrogens is 3. The molecule has 7 heteroatoms. The van der Waals surface area contributed by atoms with E-state index in [1.807, 2.05) is 29.0 Å². The maximum absolute atomic E-state index is 13.0. The molecule has 3 aromatic rings. The predicted molar refractivity (Wildman–Crippen MR) is 128 cm³/mol. The van der Waals surface area contributed by atoms with E-state index in [1.54, 1.807) is 18.2 Å². The van der Waals surface area contributed by atoms with Crippen LogP contribution in [-0.4, -0.2) is 44.5 Å². The molecule has 0 aliphatic carbocycles. The van der Waals surface area contributed by atoms with Gasteiger partial charge in [0.25, 0.3) is 11.5 Å². The van der Waals surface area contributed by atoms with E-state index in [0.717, 1.165) is 76.2 Å². The van der Waals surface area contributed by atoms with Gasteiger partial charge >= 0.3 is 0 Å². The Morgan fingerprint density at radius 3 is 2.70 bits per heavy atom. The number of nitrogens with one attached hydrogen (secondary N) is 1. The number of amides is 1. The summed E-state index contributed by atoms with van der Waals surface area (Å²) in [6.07, 6.45) is 8.88. The summed E-state index contributed by atoms with van der Waals surface area (Å²) in [4.78, 5) is 37.5. The molecule has 2 aliphatic heterocycles. The van der Waals surface area contributed by atoms with Crippen LogP contribution in [0.3, 0.4) is 0 Å². The van der Waals surface area contributed by atoms with Crippen molar-refractivity contribution in [1.29, 1.82) is 0 Å². The van der Waals surface area contributed by atoms with Crippen molar-refractivity contribution in [1.82, 2.24) is 24.8 Å². The Kier molecular flexibility index (Phi) is 6.48. The number of pyridine rings is 1. The second-order valence-corrected chi connectivity index (χ2v) is 9.23. The first kappa shape index (κ1) is 21.8. The van der Waals surface area contributed by atoms with Gasteiger partial charge in [0.15, 0.2) is 0 Å². The fraction of sp³-hybridized carbons (Fsp3) is 0.462. The standard InChI is InChI=1S/C26H31N5O2/c32-25(28-20-11-15-30(16-12-20)18-21-7-4-5-13-27-21)19-9-10-22-23(17-19)29-24-8-3-1-2-6-14-31(24)26(22)33/h4-5,7,9-10,13,17,20H,1-3,6,8,11-12,14-16,18H2,(H,28,32). The highest BCUT2D eigenvalue weighted by molar-refractivity contribution is 5.97. The van der Waals surface area contributed by atoms with E-state index < -0.39 is 0 Å². The molecule has 1 amide bonds. The largest absolute Gasteiger partial charge is 0.349 e. The number of benzene rings is 1. The molecule has 1 saturated heterocycles. The molecule has 0 unspecified atom stereocenters. The minimum atomic E-state index is -0.0891. The van der Waals surface area contributed by atoms with Gasteiger partial charge in [0.1, 0.15) is 5.82 Å². The SMILES string of the molecule is O=C(NC1CCN(Cc2ccccn2)CC1)c1ccc2c(=O)n3c(nc2c1)CCCCCC3. The number of hydrogen-bond donors (Lipinski definition) is 1. The Morgan fingerprint density at radius 2 is 1.88 bits per heavy atom. The minimum Gasteiger partial charge on any atom is -0.349 e. The first-order valence-corrected chi connectivity index (χ1v) is 12.1. The van der Waals surface area contributed by atoms with Crippen molar-refractivity contribution in [3.05, 3.63) is 70.0 Å². The lowest BCUT2D eigenvalue weighted by Crippen LogP contribution is -2.44. The lowest BCUT2D eigenvalue weighted by molar-refractivity contribution is 0.0908. The van der Waals surface area contributed by atoms with Gasteiger partial charge in [0.2, 0.25) is 0 Å². The smallest absolute Gasteiger partial charge is 0.261 e. The lowest BCUT2D eigenvalue weighted by Gasteiger charge is -2.32. The van der Waals surface area contributed by atoms with Crippen LogP contribution in [0.2, 0.25) is 0 Å². The van der Waals surface area contributed by atoms with Crippen LogP contribution in [0.25, 0.3) is 10.9 Å². The van der Waals surface area contributed by atoms with Crippen molar-refractivity contribution < 1.29 is 4.79 Å². The zero-order valence-corrected chi connectivity index (χ0v) is 19.0. The molecule has 7 nitrogen and oxygen atoms in total. The Hall–Kier alpha value is -3.06. The quantitative estimate of drug-likeness (QED) is 0.667. The van der Waals surface area contributed by atoms with Crippen molar-refractivity contribution in [3.63, 3.8) is 0 Å². The lowest BCUT2D eigenvalue weighted by atomic mass is 10.0. The summed E-state index contributed by atoms with van der Waals surface area (Å²) in [6.45, 7) is 3.45. The molecule has 1 N–H and O–H groups in total. The number of carbonyl (C=O) groups is 1. The Morgan fingerprint density at radius 1 is 1.03 bits per heavy atom. The number of carbonyl (C=O) groups excluding carboxylic acids is 1. The molecule has 0 saturated carbocycles. The number of rotatable bonds is 4. The van der Waals surface area contributed by atoms with E-state index >= 15 is 0 Å². The Balaban J connectivity index is 1.25. The zero-order chi connectivity index (χ0) is 22.6. The van der Waals surface area contributed by atoms with Gasteiger partial charge in [-0.25, -0.2) is 4.98 Å². The van der Waals surface area contributed by atoms with E-state index in [2.05, 4.69) is 15.2 Å². The van der Waals surface area contributed by atoms with Gasteiger partial charge in [-0.3, -0.25) is 24.0 Å². The van der Waals surface area contributed by atoms with Crippen molar-refractivity contribution in [2.45, 2.75) is 64.1 Å². The zero-order valence-electron chi connectivity index (χ0n) is 19.0. The van der Waals surface area contributed by atoms with Crippen LogP contribution in [0.1, 0.15) is 60.4 Å². The van der Waals surface area contributed by atoms with Gasteiger partial charge in [-0.05, 0) is 56.0 Å². The number of piperidine rings is 1. The fourth-order valence-corrected chi connectivity index (χ4v) is 4.96.